The minimum Gasteiger partial charge on any atom is -0.436 e. The first-order valence-corrected chi connectivity index (χ1v) is 7.72. The second kappa shape index (κ2) is 5.68. The number of aromatic nitrogens is 3. The number of hydrogen-bond acceptors (Lipinski definition) is 6. The molecule has 24 heavy (non-hydrogen) atoms. The number of nitrogens with one attached hydrogen (secondary N) is 1. The van der Waals surface area contributed by atoms with E-state index in [1.807, 2.05) is 0 Å². The average Bonchev–Trinajstić information content (AvgIpc) is 2.90. The van der Waals surface area contributed by atoms with Crippen LogP contribution in [0.25, 0.3) is 20.7 Å². The molecule has 0 aliphatic carbocycles. The molecule has 0 bridgehead atoms. The van der Waals surface area contributed by atoms with Gasteiger partial charge in [-0.25, -0.2) is 14.8 Å². The van der Waals surface area contributed by atoms with E-state index in [9.17, 15) is 14.0 Å². The lowest BCUT2D eigenvalue weighted by atomic mass is 10.1. The van der Waals surface area contributed by atoms with Crippen LogP contribution in [0.2, 0.25) is 0 Å². The van der Waals surface area contributed by atoms with Crippen LogP contribution in [0, 0.1) is 5.95 Å². The molecule has 0 aromatic carbocycles. The molecular weight excluding hydrogens is 335 g/mol. The van der Waals surface area contributed by atoms with E-state index in [1.165, 1.54) is 23.6 Å². The fourth-order valence-electron chi connectivity index (χ4n) is 2.22. The third-order valence-corrected chi connectivity index (χ3v) is 4.49. The van der Waals surface area contributed by atoms with E-state index in [0.29, 0.717) is 20.7 Å². The molecular formula is C15H13FN4O3S. The van der Waals surface area contributed by atoms with Gasteiger partial charge in [0, 0.05) is 17.1 Å². The standard InChI is InChI=1S/C15H13FN4O3S/c1-15(2,23-14(17)22)13-19-8-6-9(24-11(8)12(21)20-13)7-3-4-18-10(16)5-7/h3-6H,1-2H3,(H2,17,22)(H,19,20,21). The zero-order chi connectivity index (χ0) is 17.5. The lowest BCUT2D eigenvalue weighted by Gasteiger charge is -2.22. The first-order chi connectivity index (χ1) is 11.3. The Morgan fingerprint density at radius 1 is 1.42 bits per heavy atom. The van der Waals surface area contributed by atoms with Crippen LogP contribution < -0.4 is 11.3 Å². The van der Waals surface area contributed by atoms with E-state index in [2.05, 4.69) is 15.0 Å². The maximum atomic E-state index is 13.3. The lowest BCUT2D eigenvalue weighted by Crippen LogP contribution is -2.32. The Morgan fingerprint density at radius 2 is 2.17 bits per heavy atom. The third-order valence-electron chi connectivity index (χ3n) is 3.32. The highest BCUT2D eigenvalue weighted by Crippen LogP contribution is 2.32. The van der Waals surface area contributed by atoms with Crippen molar-refractivity contribution < 1.29 is 13.9 Å². The molecule has 0 aliphatic rings. The number of amides is 1. The van der Waals surface area contributed by atoms with Crippen LogP contribution in [0.1, 0.15) is 19.7 Å². The number of carbonyl (C=O) groups is 1. The smallest absolute Gasteiger partial charge is 0.405 e. The van der Waals surface area contributed by atoms with Gasteiger partial charge in [-0.3, -0.25) is 4.79 Å². The van der Waals surface area contributed by atoms with Crippen molar-refractivity contribution in [2.24, 2.45) is 5.73 Å². The molecule has 0 fully saturated rings. The van der Waals surface area contributed by atoms with Gasteiger partial charge in [0.15, 0.2) is 11.4 Å². The Hall–Kier alpha value is -2.81. The van der Waals surface area contributed by atoms with E-state index in [0.717, 1.165) is 0 Å². The van der Waals surface area contributed by atoms with E-state index in [1.54, 1.807) is 26.0 Å². The summed E-state index contributed by atoms with van der Waals surface area (Å²) >= 11 is 1.19. The van der Waals surface area contributed by atoms with Crippen LogP contribution >= 0.6 is 11.3 Å². The number of hydrogen-bond donors (Lipinski definition) is 2. The molecule has 0 saturated heterocycles. The molecule has 3 rings (SSSR count). The van der Waals surface area contributed by atoms with Gasteiger partial charge in [0.2, 0.25) is 5.95 Å². The molecule has 7 nitrogen and oxygen atoms in total. The summed E-state index contributed by atoms with van der Waals surface area (Å²) < 4.78 is 18.7. The van der Waals surface area contributed by atoms with Crippen LogP contribution in [0.5, 0.6) is 0 Å². The molecule has 124 valence electrons. The highest BCUT2D eigenvalue weighted by Gasteiger charge is 2.28. The predicted molar refractivity (Wildman–Crippen MR) is 87.1 cm³/mol. The summed E-state index contributed by atoms with van der Waals surface area (Å²) in [4.78, 5) is 34.4. The van der Waals surface area contributed by atoms with Crippen molar-refractivity contribution in [3.63, 3.8) is 0 Å². The minimum absolute atomic E-state index is 0.170. The van der Waals surface area contributed by atoms with Crippen molar-refractivity contribution in [2.75, 3.05) is 0 Å². The maximum Gasteiger partial charge on any atom is 0.405 e. The van der Waals surface area contributed by atoms with Crippen molar-refractivity contribution in [3.05, 3.63) is 46.5 Å². The molecule has 3 N–H and O–H groups in total. The van der Waals surface area contributed by atoms with Crippen LogP contribution in [0.4, 0.5) is 9.18 Å². The van der Waals surface area contributed by atoms with Crippen molar-refractivity contribution in [1.29, 1.82) is 0 Å². The molecule has 3 heterocycles. The molecule has 0 radical (unpaired) electrons. The van der Waals surface area contributed by atoms with E-state index >= 15 is 0 Å². The minimum atomic E-state index is -1.19. The van der Waals surface area contributed by atoms with Gasteiger partial charge < -0.3 is 15.5 Å². The average molecular weight is 348 g/mol. The van der Waals surface area contributed by atoms with Crippen molar-refractivity contribution in [3.8, 4) is 10.4 Å². The van der Waals surface area contributed by atoms with E-state index < -0.39 is 17.6 Å². The number of pyridine rings is 1. The largest absolute Gasteiger partial charge is 0.436 e. The van der Waals surface area contributed by atoms with Gasteiger partial charge in [-0.2, -0.15) is 4.39 Å². The number of H-pyrrole nitrogens is 1. The van der Waals surface area contributed by atoms with Gasteiger partial charge in [-0.05, 0) is 31.5 Å². The monoisotopic (exact) mass is 348 g/mol. The van der Waals surface area contributed by atoms with Gasteiger partial charge in [0.1, 0.15) is 4.70 Å². The molecule has 0 atom stereocenters. The normalized spacial score (nSPS) is 11.6. The molecule has 3 aromatic heterocycles. The highest BCUT2D eigenvalue weighted by molar-refractivity contribution is 7.22. The quantitative estimate of drug-likeness (QED) is 0.707. The van der Waals surface area contributed by atoms with Gasteiger partial charge in [-0.1, -0.05) is 0 Å². The molecule has 0 aliphatic heterocycles. The molecule has 0 spiro atoms. The Balaban J connectivity index is 2.12. The molecule has 3 aromatic rings. The summed E-state index contributed by atoms with van der Waals surface area (Å²) in [5.74, 6) is -0.437. The number of halogens is 1. The summed E-state index contributed by atoms with van der Waals surface area (Å²) in [6.45, 7) is 3.13. The number of fused-ring (bicyclic) bond motifs is 1. The molecule has 0 saturated carbocycles. The summed E-state index contributed by atoms with van der Waals surface area (Å²) in [6.07, 6.45) is 0.378. The number of ether oxygens (including phenoxy) is 1. The number of aromatic amines is 1. The first kappa shape index (κ1) is 16.1. The summed E-state index contributed by atoms with van der Waals surface area (Å²) in [5, 5.41) is 0. The Morgan fingerprint density at radius 3 is 2.83 bits per heavy atom. The summed E-state index contributed by atoms with van der Waals surface area (Å²) in [6, 6.07) is 4.59. The van der Waals surface area contributed by atoms with Gasteiger partial charge in [-0.15, -0.1) is 11.3 Å². The van der Waals surface area contributed by atoms with Gasteiger partial charge in [0.25, 0.3) is 5.56 Å². The van der Waals surface area contributed by atoms with Crippen LogP contribution in [0.3, 0.4) is 0 Å². The van der Waals surface area contributed by atoms with Gasteiger partial charge in [0.05, 0.1) is 5.52 Å². The Kier molecular flexibility index (Phi) is 3.80. The first-order valence-electron chi connectivity index (χ1n) is 6.91. The number of carbonyl (C=O) groups excluding carboxylic acids is 1. The molecule has 0 unspecified atom stereocenters. The number of rotatable bonds is 3. The SMILES string of the molecule is CC(C)(OC(N)=O)c1nc2cc(-c3ccnc(F)c3)sc2c(=O)[nH]1. The van der Waals surface area contributed by atoms with Crippen LogP contribution in [0.15, 0.2) is 29.2 Å². The second-order valence-corrected chi connectivity index (χ2v) is 6.59. The topological polar surface area (TPSA) is 111 Å². The summed E-state index contributed by atoms with van der Waals surface area (Å²) in [5.41, 5.74) is 4.50. The molecule has 1 amide bonds. The Labute approximate surface area is 139 Å². The fourth-order valence-corrected chi connectivity index (χ4v) is 3.21. The number of thiophene rings is 1. The summed E-state index contributed by atoms with van der Waals surface area (Å²) in [7, 11) is 0. The Bertz CT molecular complexity index is 996. The number of primary amides is 1. The van der Waals surface area contributed by atoms with Crippen LogP contribution in [-0.4, -0.2) is 21.0 Å². The zero-order valence-corrected chi connectivity index (χ0v) is 13.6. The van der Waals surface area contributed by atoms with E-state index in [-0.39, 0.29) is 11.4 Å². The molecule has 9 heteroatoms. The van der Waals surface area contributed by atoms with Gasteiger partial charge >= 0.3 is 6.09 Å². The van der Waals surface area contributed by atoms with Crippen LogP contribution in [-0.2, 0) is 10.3 Å². The van der Waals surface area contributed by atoms with Crippen molar-refractivity contribution in [2.45, 2.75) is 19.4 Å². The highest BCUT2D eigenvalue weighted by atomic mass is 32.1. The predicted octanol–water partition coefficient (Wildman–Crippen LogP) is 2.52. The van der Waals surface area contributed by atoms with E-state index in [4.69, 9.17) is 10.5 Å². The van der Waals surface area contributed by atoms with Crippen molar-refractivity contribution >= 4 is 27.6 Å². The fraction of sp³-hybridized carbons (Fsp3) is 0.200. The van der Waals surface area contributed by atoms with Crippen molar-refractivity contribution in [1.82, 2.24) is 15.0 Å². The lowest BCUT2D eigenvalue weighted by molar-refractivity contribution is 0.0365. The maximum absolute atomic E-state index is 13.3. The second-order valence-electron chi connectivity index (χ2n) is 5.54. The third kappa shape index (κ3) is 2.98. The number of nitrogens with zero attached hydrogens (tertiary/aromatic N) is 2. The number of nitrogens with two attached hydrogens (primary N) is 1. The zero-order valence-electron chi connectivity index (χ0n) is 12.8.